The van der Waals surface area contributed by atoms with E-state index >= 15 is 0 Å². The Labute approximate surface area is 280 Å². The highest BCUT2D eigenvalue weighted by Gasteiger charge is 2.37. The molecule has 2 aromatic rings. The van der Waals surface area contributed by atoms with Gasteiger partial charge in [-0.05, 0) is 93.8 Å². The number of nitrogens with zero attached hydrogens (tertiary/aromatic N) is 2. The smallest absolute Gasteiger partial charge is 0.349 e. The van der Waals surface area contributed by atoms with Crippen LogP contribution in [0.3, 0.4) is 0 Å². The quantitative estimate of drug-likeness (QED) is 0.455. The van der Waals surface area contributed by atoms with Crippen LogP contribution in [0.15, 0.2) is 33.5 Å². The minimum absolute atomic E-state index is 0. The van der Waals surface area contributed by atoms with Crippen molar-refractivity contribution in [3.63, 3.8) is 0 Å². The Morgan fingerprint density at radius 2 is 1.77 bits per heavy atom. The summed E-state index contributed by atoms with van der Waals surface area (Å²) >= 11 is 0. The number of hydrogen-bond donors (Lipinski definition) is 3. The molecule has 2 atom stereocenters. The molecule has 5 rings (SSSR count). The van der Waals surface area contributed by atoms with Crippen molar-refractivity contribution in [2.24, 2.45) is 5.92 Å². The van der Waals surface area contributed by atoms with Gasteiger partial charge in [-0.15, -0.1) is 12.4 Å². The number of nitrogens with one attached hydrogen (secondary N) is 3. The van der Waals surface area contributed by atoms with Crippen LogP contribution >= 0.6 is 12.4 Å². The molecule has 4 amide bonds. The summed E-state index contributed by atoms with van der Waals surface area (Å²) in [4.78, 5) is 70.4. The summed E-state index contributed by atoms with van der Waals surface area (Å²) in [6.45, 7) is 7.29. The van der Waals surface area contributed by atoms with E-state index in [1.165, 1.54) is 21.9 Å². The van der Waals surface area contributed by atoms with Crippen molar-refractivity contribution in [2.75, 3.05) is 39.3 Å². The molecule has 0 aliphatic carbocycles. The van der Waals surface area contributed by atoms with Crippen molar-refractivity contribution in [1.82, 2.24) is 25.8 Å². The van der Waals surface area contributed by atoms with Crippen LogP contribution in [-0.4, -0.2) is 84.8 Å². The lowest BCUT2D eigenvalue weighted by molar-refractivity contribution is -0.126. The zero-order valence-corrected chi connectivity index (χ0v) is 28.1. The molecule has 0 spiro atoms. The summed E-state index contributed by atoms with van der Waals surface area (Å²) < 4.78 is 20.5. The fraction of sp³-hybridized carbons (Fsp3) is 0.559. The molecule has 3 aliphatic rings. The molecule has 1 aromatic carbocycles. The van der Waals surface area contributed by atoms with Gasteiger partial charge in [0.1, 0.15) is 23.2 Å². The Kier molecular flexibility index (Phi) is 12.2. The summed E-state index contributed by atoms with van der Waals surface area (Å²) in [7, 11) is 0. The molecule has 1 aromatic heterocycles. The van der Waals surface area contributed by atoms with Crippen LogP contribution in [0.25, 0.3) is 0 Å². The SMILES string of the molecule is Cc1cc(C2CCNCC2)oc(=O)c1C(=O)N1CC(=O)NCCCc2ccc(F)c(c2)C(=O)N2CCC[C@H]2C(=O)N[C@H](C(C)C)C1.Cl. The third kappa shape index (κ3) is 8.39. The Morgan fingerprint density at radius 3 is 2.47 bits per heavy atom. The zero-order valence-electron chi connectivity index (χ0n) is 27.2. The number of benzene rings is 1. The molecule has 256 valence electrons. The maximum atomic E-state index is 14.8. The minimum Gasteiger partial charge on any atom is -0.427 e. The predicted octanol–water partition coefficient (Wildman–Crippen LogP) is 2.93. The number of piperidine rings is 1. The van der Waals surface area contributed by atoms with Gasteiger partial charge >= 0.3 is 5.63 Å². The number of aryl methyl sites for hydroxylation is 2. The van der Waals surface area contributed by atoms with Crippen molar-refractivity contribution in [3.05, 3.63) is 68.5 Å². The third-order valence-electron chi connectivity index (χ3n) is 9.34. The van der Waals surface area contributed by atoms with E-state index in [-0.39, 0.29) is 55.0 Å². The third-order valence-corrected chi connectivity index (χ3v) is 9.34. The van der Waals surface area contributed by atoms with Crippen molar-refractivity contribution >= 4 is 36.0 Å². The number of amides is 4. The normalized spacial score (nSPS) is 21.9. The van der Waals surface area contributed by atoms with Crippen molar-refractivity contribution < 1.29 is 28.0 Å². The molecule has 13 heteroatoms. The Bertz CT molecular complexity index is 1540. The fourth-order valence-electron chi connectivity index (χ4n) is 6.59. The zero-order chi connectivity index (χ0) is 33.0. The molecule has 2 bridgehead atoms. The molecule has 47 heavy (non-hydrogen) atoms. The monoisotopic (exact) mass is 673 g/mol. The number of hydrogen-bond acceptors (Lipinski definition) is 7. The summed E-state index contributed by atoms with van der Waals surface area (Å²) in [5, 5.41) is 9.12. The predicted molar refractivity (Wildman–Crippen MR) is 176 cm³/mol. The van der Waals surface area contributed by atoms with Crippen LogP contribution in [0.2, 0.25) is 0 Å². The van der Waals surface area contributed by atoms with Gasteiger partial charge in [0.25, 0.3) is 11.8 Å². The molecule has 0 radical (unpaired) electrons. The second-order valence-corrected chi connectivity index (χ2v) is 13.0. The molecule has 3 N–H and O–H groups in total. The topological polar surface area (TPSA) is 141 Å². The average Bonchev–Trinajstić information content (AvgIpc) is 3.52. The van der Waals surface area contributed by atoms with Crippen LogP contribution in [0, 0.1) is 18.7 Å². The molecular weight excluding hydrogens is 629 g/mol. The molecule has 0 saturated carbocycles. The van der Waals surface area contributed by atoms with E-state index in [9.17, 15) is 28.4 Å². The minimum atomic E-state index is -0.809. The van der Waals surface area contributed by atoms with E-state index in [0.717, 1.165) is 31.5 Å². The number of carbonyl (C=O) groups is 4. The van der Waals surface area contributed by atoms with Gasteiger partial charge < -0.3 is 30.2 Å². The summed E-state index contributed by atoms with van der Waals surface area (Å²) in [6.07, 6.45) is 3.64. The Morgan fingerprint density at radius 1 is 1.02 bits per heavy atom. The maximum Gasteiger partial charge on any atom is 0.349 e. The first kappa shape index (κ1) is 36.1. The van der Waals surface area contributed by atoms with E-state index in [0.29, 0.717) is 43.6 Å². The maximum absolute atomic E-state index is 14.8. The van der Waals surface area contributed by atoms with Gasteiger partial charge in [0, 0.05) is 31.6 Å². The average molecular weight is 674 g/mol. The molecule has 4 heterocycles. The standard InChI is InChI=1S/C34H44FN5O6.ClH/c1-20(2)26-18-39(33(44)30-21(3)16-28(46-34(30)45)23-10-13-36-14-11-23)19-29(41)37-12-4-6-22-8-9-25(35)24(17-22)32(43)40-15-5-7-27(40)31(42)38-26;/h8-9,16-17,20,23,26-27,36H,4-7,10-15,18-19H2,1-3H3,(H,37,41)(H,38,42);1H/t26-,27-;/m0./s1. The van der Waals surface area contributed by atoms with Gasteiger partial charge in [-0.3, -0.25) is 19.2 Å². The highest BCUT2D eigenvalue weighted by atomic mass is 35.5. The Hall–Kier alpha value is -3.77. The molecular formula is C34H45ClFN5O6. The Balaban J connectivity index is 0.00000500. The van der Waals surface area contributed by atoms with Crippen LogP contribution in [0.5, 0.6) is 0 Å². The van der Waals surface area contributed by atoms with Crippen molar-refractivity contribution in [1.29, 1.82) is 0 Å². The van der Waals surface area contributed by atoms with E-state index in [1.807, 2.05) is 13.8 Å². The first-order valence-electron chi connectivity index (χ1n) is 16.3. The van der Waals surface area contributed by atoms with E-state index < -0.39 is 47.2 Å². The second-order valence-electron chi connectivity index (χ2n) is 13.0. The van der Waals surface area contributed by atoms with Crippen molar-refractivity contribution in [3.8, 4) is 0 Å². The van der Waals surface area contributed by atoms with Crippen molar-refractivity contribution in [2.45, 2.75) is 77.3 Å². The fourth-order valence-corrected chi connectivity index (χ4v) is 6.59. The summed E-state index contributed by atoms with van der Waals surface area (Å²) in [6, 6.07) is 4.71. The van der Waals surface area contributed by atoms with E-state index in [4.69, 9.17) is 4.42 Å². The lowest BCUT2D eigenvalue weighted by Gasteiger charge is -2.32. The van der Waals surface area contributed by atoms with Crippen LogP contribution < -0.4 is 21.6 Å². The number of carbonyl (C=O) groups excluding carboxylic acids is 4. The lowest BCUT2D eigenvalue weighted by Crippen LogP contribution is -2.55. The molecule has 11 nitrogen and oxygen atoms in total. The second kappa shape index (κ2) is 15.9. The number of fused-ring (bicyclic) bond motifs is 3. The molecule has 2 fully saturated rings. The number of halogens is 2. The largest absolute Gasteiger partial charge is 0.427 e. The highest BCUT2D eigenvalue weighted by molar-refractivity contribution is 5.99. The van der Waals surface area contributed by atoms with Gasteiger partial charge in [0.05, 0.1) is 12.1 Å². The highest BCUT2D eigenvalue weighted by Crippen LogP contribution is 2.26. The van der Waals surface area contributed by atoms with E-state index in [2.05, 4.69) is 16.0 Å². The first-order valence-corrected chi connectivity index (χ1v) is 16.3. The van der Waals surface area contributed by atoms with Gasteiger partial charge in [-0.25, -0.2) is 9.18 Å². The molecule has 0 unspecified atom stereocenters. The van der Waals surface area contributed by atoms with Gasteiger partial charge in [0.15, 0.2) is 0 Å². The molecule has 2 saturated heterocycles. The van der Waals surface area contributed by atoms with Crippen LogP contribution in [0.4, 0.5) is 4.39 Å². The first-order chi connectivity index (χ1) is 22.0. The summed E-state index contributed by atoms with van der Waals surface area (Å²) in [5.74, 6) is -2.22. The van der Waals surface area contributed by atoms with Gasteiger partial charge in [0.2, 0.25) is 11.8 Å². The molecule has 3 aliphatic heterocycles. The van der Waals surface area contributed by atoms with E-state index in [1.54, 1.807) is 19.1 Å². The van der Waals surface area contributed by atoms with Crippen LogP contribution in [0.1, 0.15) is 89.5 Å². The van der Waals surface area contributed by atoms with Gasteiger partial charge in [-0.1, -0.05) is 19.9 Å². The van der Waals surface area contributed by atoms with Gasteiger partial charge in [-0.2, -0.15) is 0 Å². The summed E-state index contributed by atoms with van der Waals surface area (Å²) in [5.41, 5.74) is 0.233. The number of rotatable bonds is 3. The van der Waals surface area contributed by atoms with Crippen LogP contribution in [-0.2, 0) is 16.0 Å². The lowest BCUT2D eigenvalue weighted by atomic mass is 9.94.